The molecule has 0 radical (unpaired) electrons. The smallest absolute Gasteiger partial charge is 0.161 e. The Bertz CT molecular complexity index is 207. The van der Waals surface area contributed by atoms with Crippen LogP contribution in [0.3, 0.4) is 0 Å². The van der Waals surface area contributed by atoms with Gasteiger partial charge >= 0.3 is 0 Å². The second kappa shape index (κ2) is 2.71. The van der Waals surface area contributed by atoms with Crippen molar-refractivity contribution >= 4 is 0 Å². The largest absolute Gasteiger partial charge is 0.352 e. The SMILES string of the molecule is CC(C)(C)C1(C)COC2OCCC21. The molecule has 2 rings (SSSR count). The lowest BCUT2D eigenvalue weighted by Gasteiger charge is -2.41. The lowest BCUT2D eigenvalue weighted by molar-refractivity contribution is -0.0910. The molecule has 13 heavy (non-hydrogen) atoms. The predicted octanol–water partition coefficient (Wildman–Crippen LogP) is 2.43. The molecule has 2 heterocycles. The van der Waals surface area contributed by atoms with Gasteiger partial charge in [-0.2, -0.15) is 0 Å². The fourth-order valence-electron chi connectivity index (χ4n) is 2.48. The molecule has 0 aromatic heterocycles. The van der Waals surface area contributed by atoms with E-state index in [4.69, 9.17) is 9.47 Å². The molecule has 2 heteroatoms. The molecular weight excluding hydrogens is 164 g/mol. The van der Waals surface area contributed by atoms with Crippen LogP contribution in [0.5, 0.6) is 0 Å². The molecule has 0 amide bonds. The van der Waals surface area contributed by atoms with Crippen molar-refractivity contribution in [3.63, 3.8) is 0 Å². The molecule has 0 saturated carbocycles. The van der Waals surface area contributed by atoms with E-state index < -0.39 is 0 Å². The van der Waals surface area contributed by atoms with E-state index in [9.17, 15) is 0 Å². The molecule has 0 bridgehead atoms. The zero-order valence-electron chi connectivity index (χ0n) is 9.09. The summed E-state index contributed by atoms with van der Waals surface area (Å²) in [6, 6.07) is 0. The Morgan fingerprint density at radius 2 is 1.92 bits per heavy atom. The van der Waals surface area contributed by atoms with Gasteiger partial charge in [0.05, 0.1) is 13.2 Å². The maximum atomic E-state index is 5.70. The van der Waals surface area contributed by atoms with Crippen LogP contribution in [0.1, 0.15) is 34.1 Å². The second-order valence-electron chi connectivity index (χ2n) is 5.61. The molecular formula is C11H20O2. The van der Waals surface area contributed by atoms with Crippen LogP contribution >= 0.6 is 0 Å². The molecule has 0 aromatic rings. The number of hydrogen-bond acceptors (Lipinski definition) is 2. The van der Waals surface area contributed by atoms with E-state index >= 15 is 0 Å². The van der Waals surface area contributed by atoms with E-state index in [1.54, 1.807) is 0 Å². The molecule has 2 aliphatic rings. The van der Waals surface area contributed by atoms with Crippen LogP contribution in [-0.2, 0) is 9.47 Å². The summed E-state index contributed by atoms with van der Waals surface area (Å²) in [7, 11) is 0. The highest BCUT2D eigenvalue weighted by Crippen LogP contribution is 2.53. The Morgan fingerprint density at radius 3 is 2.54 bits per heavy atom. The van der Waals surface area contributed by atoms with Crippen molar-refractivity contribution in [3.05, 3.63) is 0 Å². The monoisotopic (exact) mass is 184 g/mol. The Labute approximate surface area is 80.6 Å². The summed E-state index contributed by atoms with van der Waals surface area (Å²) in [5.74, 6) is 0.604. The molecule has 3 atom stereocenters. The molecule has 2 aliphatic heterocycles. The Morgan fingerprint density at radius 1 is 1.23 bits per heavy atom. The fourth-order valence-corrected chi connectivity index (χ4v) is 2.48. The average Bonchev–Trinajstić information content (AvgIpc) is 2.52. The third kappa shape index (κ3) is 1.23. The summed E-state index contributed by atoms with van der Waals surface area (Å²) in [5.41, 5.74) is 0.592. The van der Waals surface area contributed by atoms with Crippen molar-refractivity contribution in [3.8, 4) is 0 Å². The molecule has 2 nitrogen and oxygen atoms in total. The topological polar surface area (TPSA) is 18.5 Å². The number of rotatable bonds is 0. The van der Waals surface area contributed by atoms with E-state index in [0.29, 0.717) is 11.3 Å². The second-order valence-corrected chi connectivity index (χ2v) is 5.61. The van der Waals surface area contributed by atoms with E-state index in [-0.39, 0.29) is 11.7 Å². The Kier molecular flexibility index (Phi) is 1.97. The first-order valence-corrected chi connectivity index (χ1v) is 5.18. The van der Waals surface area contributed by atoms with E-state index in [1.807, 2.05) is 0 Å². The van der Waals surface area contributed by atoms with Crippen molar-refractivity contribution in [1.29, 1.82) is 0 Å². The van der Waals surface area contributed by atoms with Crippen molar-refractivity contribution in [2.24, 2.45) is 16.7 Å². The Hall–Kier alpha value is -0.0800. The molecule has 2 saturated heterocycles. The van der Waals surface area contributed by atoms with Gasteiger partial charge in [-0.1, -0.05) is 27.7 Å². The summed E-state index contributed by atoms with van der Waals surface area (Å²) < 4.78 is 11.2. The van der Waals surface area contributed by atoms with Gasteiger partial charge in [-0.15, -0.1) is 0 Å². The van der Waals surface area contributed by atoms with Crippen LogP contribution < -0.4 is 0 Å². The zero-order valence-corrected chi connectivity index (χ0v) is 9.09. The average molecular weight is 184 g/mol. The first kappa shape index (κ1) is 9.47. The third-order valence-electron chi connectivity index (χ3n) is 4.12. The number of fused-ring (bicyclic) bond motifs is 1. The van der Waals surface area contributed by atoms with Crippen LogP contribution in [0, 0.1) is 16.7 Å². The van der Waals surface area contributed by atoms with Crippen molar-refractivity contribution in [2.75, 3.05) is 13.2 Å². The van der Waals surface area contributed by atoms with Gasteiger partial charge in [0.1, 0.15) is 0 Å². The highest BCUT2D eigenvalue weighted by Gasteiger charge is 2.54. The van der Waals surface area contributed by atoms with Gasteiger partial charge in [0, 0.05) is 11.3 Å². The third-order valence-corrected chi connectivity index (χ3v) is 4.12. The predicted molar refractivity (Wildman–Crippen MR) is 51.4 cm³/mol. The molecule has 0 aliphatic carbocycles. The zero-order chi connectivity index (χ0) is 9.69. The fraction of sp³-hybridized carbons (Fsp3) is 1.00. The minimum absolute atomic E-state index is 0.0872. The van der Waals surface area contributed by atoms with Gasteiger partial charge in [-0.3, -0.25) is 0 Å². The molecule has 2 fully saturated rings. The minimum Gasteiger partial charge on any atom is -0.352 e. The highest BCUT2D eigenvalue weighted by atomic mass is 16.7. The maximum absolute atomic E-state index is 5.70. The minimum atomic E-state index is 0.0872. The summed E-state index contributed by atoms with van der Waals surface area (Å²) in [5, 5.41) is 0. The van der Waals surface area contributed by atoms with E-state index in [1.165, 1.54) is 6.42 Å². The van der Waals surface area contributed by atoms with E-state index in [0.717, 1.165) is 13.2 Å². The summed E-state index contributed by atoms with van der Waals surface area (Å²) in [6.07, 6.45) is 1.25. The van der Waals surface area contributed by atoms with Crippen LogP contribution in [0.4, 0.5) is 0 Å². The molecule has 3 unspecified atom stereocenters. The molecule has 0 N–H and O–H groups in total. The van der Waals surface area contributed by atoms with E-state index in [2.05, 4.69) is 27.7 Å². The molecule has 0 spiro atoms. The highest BCUT2D eigenvalue weighted by molar-refractivity contribution is 4.98. The van der Waals surface area contributed by atoms with Gasteiger partial charge in [-0.25, -0.2) is 0 Å². The van der Waals surface area contributed by atoms with Gasteiger partial charge in [0.2, 0.25) is 0 Å². The molecule has 0 aromatic carbocycles. The van der Waals surface area contributed by atoms with Crippen molar-refractivity contribution in [2.45, 2.75) is 40.4 Å². The first-order chi connectivity index (χ1) is 5.95. The van der Waals surface area contributed by atoms with Crippen LogP contribution in [0.2, 0.25) is 0 Å². The van der Waals surface area contributed by atoms with Crippen LogP contribution in [0.15, 0.2) is 0 Å². The standard InChI is InChI=1S/C11H20O2/c1-10(2,3)11(4)7-13-9-8(11)5-6-12-9/h8-9H,5-7H2,1-4H3. The summed E-state index contributed by atoms with van der Waals surface area (Å²) in [6.45, 7) is 11.0. The van der Waals surface area contributed by atoms with Gasteiger partial charge < -0.3 is 9.47 Å². The van der Waals surface area contributed by atoms with Gasteiger partial charge in [0.15, 0.2) is 6.29 Å². The number of ether oxygens (including phenoxy) is 2. The van der Waals surface area contributed by atoms with Gasteiger partial charge in [-0.05, 0) is 11.8 Å². The van der Waals surface area contributed by atoms with Crippen molar-refractivity contribution in [1.82, 2.24) is 0 Å². The lowest BCUT2D eigenvalue weighted by atomic mass is 9.62. The normalized spacial score (nSPS) is 45.2. The van der Waals surface area contributed by atoms with Gasteiger partial charge in [0.25, 0.3) is 0 Å². The molecule has 76 valence electrons. The van der Waals surface area contributed by atoms with Crippen LogP contribution in [-0.4, -0.2) is 19.5 Å². The summed E-state index contributed by atoms with van der Waals surface area (Å²) in [4.78, 5) is 0. The van der Waals surface area contributed by atoms with Crippen LogP contribution in [0.25, 0.3) is 0 Å². The number of hydrogen-bond donors (Lipinski definition) is 0. The summed E-state index contributed by atoms with van der Waals surface area (Å²) >= 11 is 0. The quantitative estimate of drug-likeness (QED) is 0.575. The Balaban J connectivity index is 2.24. The first-order valence-electron chi connectivity index (χ1n) is 5.18. The maximum Gasteiger partial charge on any atom is 0.161 e. The lowest BCUT2D eigenvalue weighted by Crippen LogP contribution is -2.39. The van der Waals surface area contributed by atoms with Crippen molar-refractivity contribution < 1.29 is 9.47 Å².